The maximum absolute atomic E-state index is 13.7. The van der Waals surface area contributed by atoms with Gasteiger partial charge in [-0.05, 0) is 71.3 Å². The van der Waals surface area contributed by atoms with Crippen molar-refractivity contribution in [3.8, 4) is 34.5 Å². The zero-order valence-corrected chi connectivity index (χ0v) is 37.1. The molecule has 0 unspecified atom stereocenters. The molecule has 0 spiro atoms. The predicted molar refractivity (Wildman–Crippen MR) is 230 cm³/mol. The van der Waals surface area contributed by atoms with Gasteiger partial charge in [-0.3, -0.25) is 9.59 Å². The molecule has 2 aliphatic heterocycles. The zero-order valence-electron chi connectivity index (χ0n) is 37.1. The minimum Gasteiger partial charge on any atom is -0.504 e. The lowest BCUT2D eigenvalue weighted by Crippen LogP contribution is -2.64. The van der Waals surface area contributed by atoms with Gasteiger partial charge in [0.05, 0.1) is 21.3 Å². The maximum atomic E-state index is 13.7. The van der Waals surface area contributed by atoms with Gasteiger partial charge in [-0.2, -0.15) is 0 Å². The highest BCUT2D eigenvalue weighted by molar-refractivity contribution is 5.88. The first-order valence-corrected chi connectivity index (χ1v) is 20.4. The van der Waals surface area contributed by atoms with E-state index in [1.165, 1.54) is 94.2 Å². The van der Waals surface area contributed by atoms with Gasteiger partial charge in [0.1, 0.15) is 50.3 Å². The summed E-state index contributed by atoms with van der Waals surface area (Å²) in [5.41, 5.74) is 1.12. The van der Waals surface area contributed by atoms with Gasteiger partial charge in [0.15, 0.2) is 46.7 Å². The van der Waals surface area contributed by atoms with E-state index in [1.807, 2.05) is 0 Å². The van der Waals surface area contributed by atoms with Crippen LogP contribution in [-0.4, -0.2) is 156 Å². The van der Waals surface area contributed by atoms with Gasteiger partial charge in [0.2, 0.25) is 12.1 Å². The van der Waals surface area contributed by atoms with E-state index < -0.39 is 104 Å². The lowest BCUT2D eigenvalue weighted by atomic mass is 9.98. The summed E-state index contributed by atoms with van der Waals surface area (Å²) in [6.45, 7) is -0.550. The fourth-order valence-electron chi connectivity index (χ4n) is 6.72. The van der Waals surface area contributed by atoms with Crippen molar-refractivity contribution in [2.24, 2.45) is 0 Å². The van der Waals surface area contributed by atoms with Gasteiger partial charge >= 0.3 is 29.8 Å². The molecule has 0 bridgehead atoms. The molecule has 22 heteroatoms. The molecule has 2 saturated heterocycles. The summed E-state index contributed by atoms with van der Waals surface area (Å²) in [4.78, 5) is 64.2. The number of hydrogen-bond donors (Lipinski definition) is 6. The third-order valence-electron chi connectivity index (χ3n) is 10.1. The first kappa shape index (κ1) is 51.8. The SMILES string of the molecule is COc1cc(C=CC(=O)OC[C@@H]2O[C@](COC(=O)C=Cc3ccc(O)c(OC)c3)(O[C@@H]3O[C@@H](COC(C)=O)[C@H](O)[C@@H](O)[C@H]3OC(C)=O)[C@H](OC(=O)C=Cc3ccc(O)c(OC)c3)[C@H]2O)ccc1O. The highest BCUT2D eigenvalue weighted by atomic mass is 16.8. The Balaban J connectivity index is 1.53. The molecule has 0 saturated carbocycles. The van der Waals surface area contributed by atoms with Gasteiger partial charge in [-0.25, -0.2) is 14.4 Å². The van der Waals surface area contributed by atoms with Crippen molar-refractivity contribution < 1.29 is 107 Å². The van der Waals surface area contributed by atoms with E-state index in [4.69, 9.17) is 52.1 Å². The number of esters is 5. The number of carbonyl (C=O) groups is 5. The van der Waals surface area contributed by atoms with Crippen LogP contribution in [0.5, 0.6) is 34.5 Å². The Bertz CT molecular complexity index is 2370. The van der Waals surface area contributed by atoms with Crippen molar-refractivity contribution in [1.29, 1.82) is 0 Å². The minimum absolute atomic E-state index is 0.0668. The smallest absolute Gasteiger partial charge is 0.331 e. The van der Waals surface area contributed by atoms with Crippen LogP contribution in [-0.2, 0) is 61.9 Å². The summed E-state index contributed by atoms with van der Waals surface area (Å²) >= 11 is 0. The van der Waals surface area contributed by atoms with Crippen molar-refractivity contribution in [3.05, 3.63) is 89.5 Å². The van der Waals surface area contributed by atoms with Crippen LogP contribution in [0, 0.1) is 0 Å². The van der Waals surface area contributed by atoms with E-state index in [0.717, 1.165) is 32.1 Å². The average Bonchev–Trinajstić information content (AvgIpc) is 3.56. The number of aromatic hydroxyl groups is 3. The molecule has 0 radical (unpaired) electrons. The highest BCUT2D eigenvalue weighted by Gasteiger charge is 2.62. The number of aliphatic hydroxyl groups is 3. The molecule has 0 amide bonds. The first-order valence-electron chi connectivity index (χ1n) is 20.4. The third-order valence-corrected chi connectivity index (χ3v) is 10.1. The van der Waals surface area contributed by atoms with Crippen LogP contribution >= 0.6 is 0 Å². The molecule has 2 heterocycles. The Hall–Kier alpha value is -7.21. The van der Waals surface area contributed by atoms with Crippen molar-refractivity contribution in [2.75, 3.05) is 41.2 Å². The van der Waals surface area contributed by atoms with Crippen molar-refractivity contribution in [2.45, 2.75) is 68.7 Å². The van der Waals surface area contributed by atoms with Gasteiger partial charge in [0.25, 0.3) is 0 Å². The Morgan fingerprint density at radius 3 is 1.53 bits per heavy atom. The van der Waals surface area contributed by atoms with Crippen LogP contribution in [0.15, 0.2) is 72.8 Å². The second-order valence-corrected chi connectivity index (χ2v) is 14.9. The molecule has 3 aromatic rings. The molecule has 9 atom stereocenters. The molecule has 5 rings (SSSR count). The van der Waals surface area contributed by atoms with Crippen LogP contribution in [0.1, 0.15) is 30.5 Å². The van der Waals surface area contributed by atoms with Crippen LogP contribution < -0.4 is 14.2 Å². The number of methoxy groups -OCH3 is 3. The molecule has 68 heavy (non-hydrogen) atoms. The fraction of sp³-hybridized carbons (Fsp3) is 0.370. The lowest BCUT2D eigenvalue weighted by Gasteiger charge is -2.44. The van der Waals surface area contributed by atoms with E-state index in [9.17, 15) is 54.6 Å². The molecule has 0 aromatic heterocycles. The number of carbonyl (C=O) groups excluding carboxylic acids is 5. The number of aliphatic hydroxyl groups excluding tert-OH is 3. The molecule has 2 aliphatic rings. The number of phenols is 3. The molecule has 2 fully saturated rings. The Morgan fingerprint density at radius 2 is 1.06 bits per heavy atom. The van der Waals surface area contributed by atoms with Crippen molar-refractivity contribution in [1.82, 2.24) is 0 Å². The second kappa shape index (κ2) is 23.5. The number of phenolic OH excluding ortho intramolecular Hbond substituents is 3. The molecule has 6 N–H and O–H groups in total. The molecule has 366 valence electrons. The topological polar surface area (TPSA) is 308 Å². The highest BCUT2D eigenvalue weighted by Crippen LogP contribution is 2.40. The lowest BCUT2D eigenvalue weighted by molar-refractivity contribution is -0.383. The third kappa shape index (κ3) is 13.5. The van der Waals surface area contributed by atoms with Crippen molar-refractivity contribution in [3.63, 3.8) is 0 Å². The average molecular weight is 955 g/mol. The van der Waals surface area contributed by atoms with Crippen LogP contribution in [0.3, 0.4) is 0 Å². The van der Waals surface area contributed by atoms with Crippen molar-refractivity contribution >= 4 is 48.1 Å². The summed E-state index contributed by atoms with van der Waals surface area (Å²) in [5, 5.41) is 64.0. The Labute approximate surface area is 388 Å². The molecule has 22 nitrogen and oxygen atoms in total. The van der Waals surface area contributed by atoms with E-state index in [-0.39, 0.29) is 34.5 Å². The van der Waals surface area contributed by atoms with Gasteiger partial charge in [-0.15, -0.1) is 0 Å². The van der Waals surface area contributed by atoms with Crippen LogP contribution in [0.4, 0.5) is 0 Å². The van der Waals surface area contributed by atoms with Gasteiger partial charge < -0.3 is 82.7 Å². The number of rotatable bonds is 19. The van der Waals surface area contributed by atoms with E-state index >= 15 is 0 Å². The quantitative estimate of drug-likeness (QED) is 0.0566. The largest absolute Gasteiger partial charge is 0.504 e. The van der Waals surface area contributed by atoms with Gasteiger partial charge in [-0.1, -0.05) is 18.2 Å². The molecule has 0 aliphatic carbocycles. The standard InChI is InChI=1S/C46H50O22/c1-24(47)61-21-35-40(55)42(57)43(64-25(2)48)45(65-35)68-46(23-63-38(53)16-10-27-7-13-30(50)33(19-27)59-4)44(66-39(54)17-11-28-8-14-31(51)34(20-28)60-5)41(56)36(67-46)22-62-37(52)15-9-26-6-12-29(49)32(18-26)58-3/h6-20,35-36,40-45,49-51,55-57H,21-23H2,1-5H3/t35-,36-,40-,41-,42+,43+,44+,45-,46+/m0/s1. The number of benzene rings is 3. The minimum atomic E-state index is -2.73. The number of hydrogen-bond acceptors (Lipinski definition) is 22. The molecule has 3 aromatic carbocycles. The summed E-state index contributed by atoms with van der Waals surface area (Å²) in [7, 11) is 3.96. The summed E-state index contributed by atoms with van der Waals surface area (Å²) in [6.07, 6.45) is -8.49. The molecular formula is C46H50O22. The normalized spacial score (nSPS) is 24.6. The van der Waals surface area contributed by atoms with Gasteiger partial charge in [0, 0.05) is 32.1 Å². The van der Waals surface area contributed by atoms with Crippen LogP contribution in [0.2, 0.25) is 0 Å². The summed E-state index contributed by atoms with van der Waals surface area (Å²) in [5.74, 6) is -8.07. The summed E-state index contributed by atoms with van der Waals surface area (Å²) in [6, 6.07) is 12.5. The van der Waals surface area contributed by atoms with Crippen LogP contribution in [0.25, 0.3) is 18.2 Å². The van der Waals surface area contributed by atoms with E-state index in [2.05, 4.69) is 0 Å². The van der Waals surface area contributed by atoms with E-state index in [1.54, 1.807) is 0 Å². The summed E-state index contributed by atoms with van der Waals surface area (Å²) < 4.78 is 60.6. The zero-order chi connectivity index (χ0) is 49.7. The van der Waals surface area contributed by atoms with E-state index in [0.29, 0.717) is 16.7 Å². The Kier molecular flexibility index (Phi) is 17.9. The number of ether oxygens (including phenoxy) is 11. The fourth-order valence-corrected chi connectivity index (χ4v) is 6.72. The second-order valence-electron chi connectivity index (χ2n) is 14.9. The monoisotopic (exact) mass is 954 g/mol. The maximum Gasteiger partial charge on any atom is 0.331 e. The first-order chi connectivity index (χ1) is 32.4. The Morgan fingerprint density at radius 1 is 0.588 bits per heavy atom. The predicted octanol–water partition coefficient (Wildman–Crippen LogP) is 1.68. The molecular weight excluding hydrogens is 904 g/mol.